The highest BCUT2D eigenvalue weighted by Crippen LogP contribution is 2.35. The Balaban J connectivity index is 2.26. The molecule has 0 radical (unpaired) electrons. The number of carbonyl (C=O) groups excluding carboxylic acids is 1. The summed E-state index contributed by atoms with van der Waals surface area (Å²) in [6, 6.07) is 8.55. The van der Waals surface area contributed by atoms with Gasteiger partial charge in [0.1, 0.15) is 5.75 Å². The minimum atomic E-state index is -0.150. The summed E-state index contributed by atoms with van der Waals surface area (Å²) >= 11 is 3.26. The van der Waals surface area contributed by atoms with E-state index in [0.717, 1.165) is 11.1 Å². The van der Waals surface area contributed by atoms with E-state index in [9.17, 15) is 9.90 Å². The number of carbonyl (C=O) groups is 1. The summed E-state index contributed by atoms with van der Waals surface area (Å²) in [5.74, 6) is 0.872. The van der Waals surface area contributed by atoms with Crippen molar-refractivity contribution in [1.29, 1.82) is 0 Å². The van der Waals surface area contributed by atoms with Crippen LogP contribution in [-0.4, -0.2) is 32.2 Å². The molecule has 0 amide bonds. The van der Waals surface area contributed by atoms with E-state index in [2.05, 4.69) is 15.9 Å². The Morgan fingerprint density at radius 1 is 1.12 bits per heavy atom. The molecule has 0 unspecified atom stereocenters. The van der Waals surface area contributed by atoms with Crippen LogP contribution < -0.4 is 9.47 Å². The van der Waals surface area contributed by atoms with Crippen LogP contribution in [-0.2, 0) is 11.3 Å². The van der Waals surface area contributed by atoms with E-state index >= 15 is 0 Å². The number of methoxy groups -OCH3 is 3. The second kappa shape index (κ2) is 8.69. The van der Waals surface area contributed by atoms with Crippen molar-refractivity contribution in [3.05, 3.63) is 57.6 Å². The number of halogens is 1. The first-order valence-corrected chi connectivity index (χ1v) is 8.24. The number of phenolic OH excluding ortho intramolecular Hbond substituents is 1. The van der Waals surface area contributed by atoms with Gasteiger partial charge in [0.2, 0.25) is 0 Å². The van der Waals surface area contributed by atoms with Crippen LogP contribution in [0.4, 0.5) is 0 Å². The number of hydrogen-bond acceptors (Lipinski definition) is 5. The fourth-order valence-electron chi connectivity index (χ4n) is 2.31. The van der Waals surface area contributed by atoms with Crippen LogP contribution in [0, 0.1) is 0 Å². The summed E-state index contributed by atoms with van der Waals surface area (Å²) in [5.41, 5.74) is 2.06. The first-order chi connectivity index (χ1) is 12.0. The lowest BCUT2D eigenvalue weighted by Gasteiger charge is -2.09. The zero-order valence-electron chi connectivity index (χ0n) is 14.2. The number of aromatic hydroxyl groups is 1. The maximum atomic E-state index is 12.4. The van der Waals surface area contributed by atoms with Crippen molar-refractivity contribution in [3.8, 4) is 17.2 Å². The maximum absolute atomic E-state index is 12.4. The van der Waals surface area contributed by atoms with Gasteiger partial charge in [-0.2, -0.15) is 0 Å². The zero-order valence-corrected chi connectivity index (χ0v) is 15.8. The normalized spacial score (nSPS) is 10.9. The van der Waals surface area contributed by atoms with Gasteiger partial charge in [0, 0.05) is 18.2 Å². The van der Waals surface area contributed by atoms with E-state index in [0.29, 0.717) is 28.1 Å². The number of rotatable bonds is 7. The molecule has 2 aromatic carbocycles. The number of ketones is 1. The largest absolute Gasteiger partial charge is 0.503 e. The molecular weight excluding hydrogens is 388 g/mol. The molecule has 132 valence electrons. The third kappa shape index (κ3) is 4.61. The second-order valence-electron chi connectivity index (χ2n) is 5.21. The van der Waals surface area contributed by atoms with Gasteiger partial charge in [0.05, 0.1) is 25.3 Å². The Hall–Kier alpha value is -2.31. The van der Waals surface area contributed by atoms with Gasteiger partial charge in [-0.05, 0) is 57.9 Å². The molecule has 0 aliphatic carbocycles. The Labute approximate surface area is 155 Å². The Morgan fingerprint density at radius 2 is 1.84 bits per heavy atom. The number of allylic oxidation sites excluding steroid dienone is 1. The van der Waals surface area contributed by atoms with E-state index in [1.54, 1.807) is 50.6 Å². The van der Waals surface area contributed by atoms with Crippen molar-refractivity contribution >= 4 is 27.8 Å². The third-order valence-corrected chi connectivity index (χ3v) is 4.17. The molecule has 0 atom stereocenters. The van der Waals surface area contributed by atoms with Crippen LogP contribution >= 0.6 is 15.9 Å². The van der Waals surface area contributed by atoms with Crippen LogP contribution in [0.15, 0.2) is 40.9 Å². The average Bonchev–Trinajstić information content (AvgIpc) is 2.62. The SMILES string of the molecule is COCc1cc(C(=O)/C=C/c2cc(Br)c(O)c(OC)c2)ccc1OC. The van der Waals surface area contributed by atoms with E-state index < -0.39 is 0 Å². The van der Waals surface area contributed by atoms with Gasteiger partial charge >= 0.3 is 0 Å². The molecule has 0 aliphatic rings. The number of hydrogen-bond donors (Lipinski definition) is 1. The first kappa shape index (κ1) is 19.0. The van der Waals surface area contributed by atoms with Crippen LogP contribution in [0.5, 0.6) is 17.2 Å². The van der Waals surface area contributed by atoms with Crippen molar-refractivity contribution in [2.45, 2.75) is 6.61 Å². The monoisotopic (exact) mass is 406 g/mol. The molecule has 1 N–H and O–H groups in total. The summed E-state index contributed by atoms with van der Waals surface area (Å²) in [4.78, 5) is 12.4. The van der Waals surface area contributed by atoms with Gasteiger partial charge in [-0.25, -0.2) is 0 Å². The number of phenols is 1. The van der Waals surface area contributed by atoms with Crippen LogP contribution in [0.25, 0.3) is 6.08 Å². The fourth-order valence-corrected chi connectivity index (χ4v) is 2.77. The van der Waals surface area contributed by atoms with Crippen molar-refractivity contribution in [2.24, 2.45) is 0 Å². The van der Waals surface area contributed by atoms with Crippen molar-refractivity contribution in [2.75, 3.05) is 21.3 Å². The minimum Gasteiger partial charge on any atom is -0.503 e. The smallest absolute Gasteiger partial charge is 0.185 e. The van der Waals surface area contributed by atoms with Gasteiger partial charge in [-0.3, -0.25) is 4.79 Å². The molecule has 0 heterocycles. The van der Waals surface area contributed by atoms with Gasteiger partial charge in [0.15, 0.2) is 17.3 Å². The molecule has 0 spiro atoms. The van der Waals surface area contributed by atoms with Crippen LogP contribution in [0.3, 0.4) is 0 Å². The van der Waals surface area contributed by atoms with Gasteiger partial charge < -0.3 is 19.3 Å². The van der Waals surface area contributed by atoms with Gasteiger partial charge in [-0.15, -0.1) is 0 Å². The highest BCUT2D eigenvalue weighted by Gasteiger charge is 2.10. The molecule has 0 fully saturated rings. The van der Waals surface area contributed by atoms with Gasteiger partial charge in [0.25, 0.3) is 0 Å². The average molecular weight is 407 g/mol. The van der Waals surface area contributed by atoms with Crippen LogP contribution in [0.1, 0.15) is 21.5 Å². The second-order valence-corrected chi connectivity index (χ2v) is 6.07. The predicted octanol–water partition coefficient (Wildman–Crippen LogP) is 4.21. The fraction of sp³-hybridized carbons (Fsp3) is 0.211. The lowest BCUT2D eigenvalue weighted by molar-refractivity contribution is 0.104. The lowest BCUT2D eigenvalue weighted by atomic mass is 10.1. The number of benzene rings is 2. The minimum absolute atomic E-state index is 0.0188. The highest BCUT2D eigenvalue weighted by atomic mass is 79.9. The summed E-state index contributed by atoms with van der Waals surface area (Å²) in [5, 5.41) is 9.82. The summed E-state index contributed by atoms with van der Waals surface area (Å²) in [6.45, 7) is 0.357. The third-order valence-electron chi connectivity index (χ3n) is 3.56. The Kier molecular flexibility index (Phi) is 6.61. The molecule has 0 saturated carbocycles. The van der Waals surface area contributed by atoms with E-state index in [-0.39, 0.29) is 11.5 Å². The zero-order chi connectivity index (χ0) is 18.4. The quantitative estimate of drug-likeness (QED) is 0.550. The van der Waals surface area contributed by atoms with Crippen molar-refractivity contribution in [3.63, 3.8) is 0 Å². The lowest BCUT2D eigenvalue weighted by Crippen LogP contribution is -1.99. The van der Waals surface area contributed by atoms with E-state index in [1.807, 2.05) is 0 Å². The summed E-state index contributed by atoms with van der Waals surface area (Å²) < 4.78 is 16.0. The van der Waals surface area contributed by atoms with Crippen LogP contribution in [0.2, 0.25) is 0 Å². The molecular formula is C19H19BrO5. The Morgan fingerprint density at radius 3 is 2.48 bits per heavy atom. The molecule has 2 rings (SSSR count). The summed E-state index contributed by atoms with van der Waals surface area (Å²) in [7, 11) is 4.63. The van der Waals surface area contributed by atoms with E-state index in [4.69, 9.17) is 14.2 Å². The molecule has 0 aliphatic heterocycles. The molecule has 25 heavy (non-hydrogen) atoms. The maximum Gasteiger partial charge on any atom is 0.185 e. The molecule has 6 heteroatoms. The summed E-state index contributed by atoms with van der Waals surface area (Å²) in [6.07, 6.45) is 3.13. The number of ether oxygens (including phenoxy) is 3. The first-order valence-electron chi connectivity index (χ1n) is 7.45. The molecule has 0 aromatic heterocycles. The Bertz CT molecular complexity index is 799. The van der Waals surface area contributed by atoms with Crippen molar-refractivity contribution < 1.29 is 24.1 Å². The van der Waals surface area contributed by atoms with Gasteiger partial charge in [-0.1, -0.05) is 6.08 Å². The molecule has 0 bridgehead atoms. The predicted molar refractivity (Wildman–Crippen MR) is 99.4 cm³/mol. The highest BCUT2D eigenvalue weighted by molar-refractivity contribution is 9.10. The topological polar surface area (TPSA) is 65.0 Å². The molecule has 0 saturated heterocycles. The molecule has 5 nitrogen and oxygen atoms in total. The molecule has 2 aromatic rings. The van der Waals surface area contributed by atoms with E-state index in [1.165, 1.54) is 13.2 Å². The standard InChI is InChI=1S/C19H19BrO5/c1-23-11-14-10-13(5-7-17(14)24-2)16(21)6-4-12-8-15(20)19(22)18(9-12)25-3/h4-10,22H,11H2,1-3H3/b6-4+. The van der Waals surface area contributed by atoms with Crippen molar-refractivity contribution in [1.82, 2.24) is 0 Å².